The van der Waals surface area contributed by atoms with Crippen LogP contribution in [0.5, 0.6) is 0 Å². The number of nitrogens with zero attached hydrogens (tertiary/aromatic N) is 1. The van der Waals surface area contributed by atoms with Crippen molar-refractivity contribution in [3.8, 4) is 0 Å². The molecule has 0 radical (unpaired) electrons. The Hall–Kier alpha value is -1.84. The van der Waals surface area contributed by atoms with Gasteiger partial charge in [0.2, 0.25) is 11.8 Å². The van der Waals surface area contributed by atoms with Gasteiger partial charge in [0.25, 0.3) is 0 Å². The van der Waals surface area contributed by atoms with Crippen LogP contribution < -0.4 is 5.32 Å². The second-order valence-electron chi connectivity index (χ2n) is 9.22. The van der Waals surface area contributed by atoms with Crippen LogP contribution in [0.4, 0.5) is 5.69 Å². The highest BCUT2D eigenvalue weighted by molar-refractivity contribution is 5.93. The van der Waals surface area contributed by atoms with Gasteiger partial charge in [0.05, 0.1) is 0 Å². The molecule has 3 rings (SSSR count). The zero-order valence-electron chi connectivity index (χ0n) is 17.1. The SMILES string of the molecule is CC(C)(C)c1ccccc1NC(=O)C1CCC(C(=O)N2CCCCC2)CC1. The molecule has 148 valence electrons. The zero-order valence-corrected chi connectivity index (χ0v) is 17.1. The van der Waals surface area contributed by atoms with Crippen LogP contribution in [-0.2, 0) is 15.0 Å². The van der Waals surface area contributed by atoms with Crippen molar-refractivity contribution in [2.75, 3.05) is 18.4 Å². The quantitative estimate of drug-likeness (QED) is 0.835. The van der Waals surface area contributed by atoms with E-state index in [1.165, 1.54) is 6.42 Å². The largest absolute Gasteiger partial charge is 0.342 e. The lowest BCUT2D eigenvalue weighted by Gasteiger charge is -2.33. The van der Waals surface area contributed by atoms with Crippen LogP contribution in [0.15, 0.2) is 24.3 Å². The smallest absolute Gasteiger partial charge is 0.227 e. The highest BCUT2D eigenvalue weighted by Crippen LogP contribution is 2.33. The molecule has 0 bridgehead atoms. The summed E-state index contributed by atoms with van der Waals surface area (Å²) in [5, 5.41) is 3.16. The van der Waals surface area contributed by atoms with Crippen molar-refractivity contribution in [1.82, 2.24) is 4.90 Å². The number of hydrogen-bond donors (Lipinski definition) is 1. The Morgan fingerprint density at radius 2 is 1.52 bits per heavy atom. The van der Waals surface area contributed by atoms with Crippen LogP contribution in [-0.4, -0.2) is 29.8 Å². The van der Waals surface area contributed by atoms with E-state index in [9.17, 15) is 9.59 Å². The average molecular weight is 371 g/mol. The molecule has 1 aromatic carbocycles. The Morgan fingerprint density at radius 1 is 0.926 bits per heavy atom. The predicted molar refractivity (Wildman–Crippen MR) is 110 cm³/mol. The van der Waals surface area contributed by atoms with Gasteiger partial charge in [-0.3, -0.25) is 9.59 Å². The lowest BCUT2D eigenvalue weighted by Crippen LogP contribution is -2.41. The number of anilines is 1. The molecule has 1 aliphatic heterocycles. The molecule has 1 aliphatic carbocycles. The summed E-state index contributed by atoms with van der Waals surface area (Å²) in [5.74, 6) is 0.569. The number of likely N-dealkylation sites (tertiary alicyclic amines) is 1. The Labute approximate surface area is 163 Å². The van der Waals surface area contributed by atoms with Gasteiger partial charge in [-0.2, -0.15) is 0 Å². The third kappa shape index (κ3) is 4.91. The predicted octanol–water partition coefficient (Wildman–Crippen LogP) is 4.74. The molecule has 1 heterocycles. The van der Waals surface area contributed by atoms with Gasteiger partial charge < -0.3 is 10.2 Å². The molecule has 2 aliphatic rings. The standard InChI is InChI=1S/C23H34N2O2/c1-23(2,3)19-9-5-6-10-20(19)24-21(26)17-11-13-18(14-12-17)22(27)25-15-7-4-8-16-25/h5-6,9-10,17-18H,4,7-8,11-16H2,1-3H3,(H,24,26). The topological polar surface area (TPSA) is 49.4 Å². The van der Waals surface area contributed by atoms with Crippen LogP contribution >= 0.6 is 0 Å². The third-order valence-corrected chi connectivity index (χ3v) is 6.11. The van der Waals surface area contributed by atoms with Gasteiger partial charge in [-0.05, 0) is 62.0 Å². The monoisotopic (exact) mass is 370 g/mol. The van der Waals surface area contributed by atoms with Gasteiger partial charge >= 0.3 is 0 Å². The minimum absolute atomic E-state index is 0.0115. The van der Waals surface area contributed by atoms with E-state index in [1.807, 2.05) is 23.1 Å². The highest BCUT2D eigenvalue weighted by atomic mass is 16.2. The number of para-hydroxylation sites is 1. The van der Waals surface area contributed by atoms with Crippen LogP contribution in [0.2, 0.25) is 0 Å². The summed E-state index contributed by atoms with van der Waals surface area (Å²) in [5.41, 5.74) is 2.07. The van der Waals surface area contributed by atoms with Gasteiger partial charge in [-0.15, -0.1) is 0 Å². The fourth-order valence-electron chi connectivity index (χ4n) is 4.46. The van der Waals surface area contributed by atoms with Gasteiger partial charge in [-0.1, -0.05) is 39.0 Å². The summed E-state index contributed by atoms with van der Waals surface area (Å²) in [6, 6.07) is 8.07. The maximum atomic E-state index is 12.8. The number of nitrogens with one attached hydrogen (secondary N) is 1. The second kappa shape index (κ2) is 8.45. The molecule has 0 aromatic heterocycles. The zero-order chi connectivity index (χ0) is 19.4. The minimum atomic E-state index is -0.0115. The summed E-state index contributed by atoms with van der Waals surface area (Å²) in [4.78, 5) is 27.6. The number of piperidine rings is 1. The van der Waals surface area contributed by atoms with Crippen LogP contribution in [0.25, 0.3) is 0 Å². The first kappa shape index (κ1) is 19.9. The first-order valence-electron chi connectivity index (χ1n) is 10.6. The normalized spacial score (nSPS) is 23.7. The lowest BCUT2D eigenvalue weighted by atomic mass is 9.80. The van der Waals surface area contributed by atoms with Crippen LogP contribution in [0.1, 0.15) is 71.3 Å². The number of carbonyl (C=O) groups excluding carboxylic acids is 2. The molecule has 0 atom stereocenters. The molecular formula is C23H34N2O2. The van der Waals surface area contributed by atoms with E-state index >= 15 is 0 Å². The molecule has 2 fully saturated rings. The van der Waals surface area contributed by atoms with E-state index < -0.39 is 0 Å². The number of benzene rings is 1. The molecule has 1 aromatic rings. The van der Waals surface area contributed by atoms with Gasteiger partial charge in [0, 0.05) is 30.6 Å². The van der Waals surface area contributed by atoms with E-state index in [4.69, 9.17) is 0 Å². The van der Waals surface area contributed by atoms with E-state index in [-0.39, 0.29) is 23.2 Å². The highest BCUT2D eigenvalue weighted by Gasteiger charge is 2.33. The fourth-order valence-corrected chi connectivity index (χ4v) is 4.46. The molecule has 27 heavy (non-hydrogen) atoms. The van der Waals surface area contributed by atoms with Crippen molar-refractivity contribution >= 4 is 17.5 Å². The minimum Gasteiger partial charge on any atom is -0.342 e. The summed E-state index contributed by atoms with van der Waals surface area (Å²) in [6.07, 6.45) is 6.82. The molecule has 1 saturated carbocycles. The van der Waals surface area contributed by atoms with Crippen molar-refractivity contribution in [3.05, 3.63) is 29.8 Å². The molecule has 2 amide bonds. The van der Waals surface area contributed by atoms with E-state index in [1.54, 1.807) is 0 Å². The molecule has 0 unspecified atom stereocenters. The van der Waals surface area contributed by atoms with Crippen molar-refractivity contribution in [2.24, 2.45) is 11.8 Å². The van der Waals surface area contributed by atoms with Gasteiger partial charge in [0.1, 0.15) is 0 Å². The third-order valence-electron chi connectivity index (χ3n) is 6.11. The maximum Gasteiger partial charge on any atom is 0.227 e. The molecular weight excluding hydrogens is 336 g/mol. The summed E-state index contributed by atoms with van der Waals surface area (Å²) in [7, 11) is 0. The number of hydrogen-bond acceptors (Lipinski definition) is 2. The van der Waals surface area contributed by atoms with E-state index in [0.29, 0.717) is 5.91 Å². The molecule has 1 saturated heterocycles. The molecule has 1 N–H and O–H groups in total. The van der Waals surface area contributed by atoms with Crippen molar-refractivity contribution in [1.29, 1.82) is 0 Å². The summed E-state index contributed by atoms with van der Waals surface area (Å²) in [6.45, 7) is 8.33. The van der Waals surface area contributed by atoms with Crippen molar-refractivity contribution < 1.29 is 9.59 Å². The Balaban J connectivity index is 1.55. The van der Waals surface area contributed by atoms with E-state index in [0.717, 1.165) is 62.9 Å². The molecule has 4 nitrogen and oxygen atoms in total. The molecule has 0 spiro atoms. The van der Waals surface area contributed by atoms with Gasteiger partial charge in [-0.25, -0.2) is 0 Å². The molecule has 4 heteroatoms. The van der Waals surface area contributed by atoms with Gasteiger partial charge in [0.15, 0.2) is 0 Å². The van der Waals surface area contributed by atoms with Crippen molar-refractivity contribution in [3.63, 3.8) is 0 Å². The number of amides is 2. The van der Waals surface area contributed by atoms with Crippen LogP contribution in [0, 0.1) is 11.8 Å². The lowest BCUT2D eigenvalue weighted by molar-refractivity contribution is -0.138. The second-order valence-corrected chi connectivity index (χ2v) is 9.22. The fraction of sp³-hybridized carbons (Fsp3) is 0.652. The average Bonchev–Trinajstić information content (AvgIpc) is 2.68. The first-order valence-corrected chi connectivity index (χ1v) is 10.6. The first-order chi connectivity index (χ1) is 12.9. The Morgan fingerprint density at radius 3 is 2.15 bits per heavy atom. The summed E-state index contributed by atoms with van der Waals surface area (Å²) >= 11 is 0. The Bertz CT molecular complexity index is 663. The van der Waals surface area contributed by atoms with Crippen molar-refractivity contribution in [2.45, 2.75) is 71.1 Å². The van der Waals surface area contributed by atoms with Crippen LogP contribution in [0.3, 0.4) is 0 Å². The maximum absolute atomic E-state index is 12.8. The number of carbonyl (C=O) groups is 2. The Kier molecular flexibility index (Phi) is 6.23. The number of rotatable bonds is 3. The summed E-state index contributed by atoms with van der Waals surface area (Å²) < 4.78 is 0. The van der Waals surface area contributed by atoms with E-state index in [2.05, 4.69) is 32.2 Å².